The standard InChI is InChI=1S/C29H22ClN5O3/c1-16(36)34-24-11-7-6-10-22(24)31-28(34)25-15-23(33-35(25)17(2)37)27-26(18-8-4-3-5-9-18)20-14-19(30)12-13-21(20)32-29(27)38/h3-14,25H,15H2,1-2H3,(H,32,38)/t25-/m1/s1. The Hall–Kier alpha value is -4.56. The Morgan fingerprint density at radius 3 is 2.42 bits per heavy atom. The zero-order chi connectivity index (χ0) is 26.6. The molecule has 3 heterocycles. The largest absolute Gasteiger partial charge is 0.321 e. The van der Waals surface area contributed by atoms with Gasteiger partial charge in [0.15, 0.2) is 0 Å². The van der Waals surface area contributed by atoms with E-state index in [0.29, 0.717) is 44.2 Å². The van der Waals surface area contributed by atoms with Gasteiger partial charge in [-0.1, -0.05) is 54.1 Å². The molecule has 1 N–H and O–H groups in total. The lowest BCUT2D eigenvalue weighted by atomic mass is 9.92. The predicted octanol–water partition coefficient (Wildman–Crippen LogP) is 5.56. The summed E-state index contributed by atoms with van der Waals surface area (Å²) in [5.41, 5.74) is 3.86. The number of hydrazone groups is 1. The van der Waals surface area contributed by atoms with Crippen molar-refractivity contribution in [3.8, 4) is 11.1 Å². The van der Waals surface area contributed by atoms with Crippen molar-refractivity contribution in [3.63, 3.8) is 0 Å². The van der Waals surface area contributed by atoms with Crippen molar-refractivity contribution in [2.75, 3.05) is 0 Å². The molecule has 6 rings (SSSR count). The zero-order valence-electron chi connectivity index (χ0n) is 20.6. The number of aromatic amines is 1. The van der Waals surface area contributed by atoms with E-state index in [4.69, 9.17) is 16.6 Å². The van der Waals surface area contributed by atoms with E-state index in [1.807, 2.05) is 60.7 Å². The van der Waals surface area contributed by atoms with Crippen LogP contribution in [-0.2, 0) is 4.79 Å². The molecule has 38 heavy (non-hydrogen) atoms. The maximum Gasteiger partial charge on any atom is 0.258 e. The summed E-state index contributed by atoms with van der Waals surface area (Å²) in [6.45, 7) is 2.86. The number of hydrogen-bond acceptors (Lipinski definition) is 5. The first kappa shape index (κ1) is 23.8. The third kappa shape index (κ3) is 3.81. The molecular weight excluding hydrogens is 502 g/mol. The van der Waals surface area contributed by atoms with Gasteiger partial charge in [-0.15, -0.1) is 0 Å². The van der Waals surface area contributed by atoms with Crippen LogP contribution >= 0.6 is 11.6 Å². The minimum atomic E-state index is -0.670. The molecule has 1 aliphatic rings. The summed E-state index contributed by atoms with van der Waals surface area (Å²) in [5.74, 6) is -0.156. The van der Waals surface area contributed by atoms with Gasteiger partial charge in [0.2, 0.25) is 11.8 Å². The van der Waals surface area contributed by atoms with E-state index in [9.17, 15) is 14.4 Å². The van der Waals surface area contributed by atoms with Crippen molar-refractivity contribution >= 4 is 51.1 Å². The highest BCUT2D eigenvalue weighted by molar-refractivity contribution is 6.31. The SMILES string of the molecule is CC(=O)N1N=C(c2c(-c3ccccc3)c3cc(Cl)ccc3[nH]c2=O)C[C@@H]1c1nc2ccccc2n1C(C)=O. The minimum Gasteiger partial charge on any atom is -0.321 e. The number of benzene rings is 3. The second-order valence-corrected chi connectivity index (χ2v) is 9.64. The third-order valence-corrected chi connectivity index (χ3v) is 7.00. The molecule has 1 atom stereocenters. The van der Waals surface area contributed by atoms with Crippen molar-refractivity contribution in [1.29, 1.82) is 0 Å². The molecule has 188 valence electrons. The van der Waals surface area contributed by atoms with Crippen LogP contribution in [0, 0.1) is 0 Å². The topological polar surface area (TPSA) is 100 Å². The molecule has 1 aliphatic heterocycles. The predicted molar refractivity (Wildman–Crippen MR) is 147 cm³/mol. The Kier molecular flexibility index (Phi) is 5.69. The van der Waals surface area contributed by atoms with Crippen LogP contribution in [0.1, 0.15) is 42.5 Å². The molecule has 2 aromatic heterocycles. The molecule has 0 bridgehead atoms. The maximum atomic E-state index is 13.6. The van der Waals surface area contributed by atoms with E-state index in [0.717, 1.165) is 10.9 Å². The number of rotatable bonds is 3. The molecule has 8 nitrogen and oxygen atoms in total. The lowest BCUT2D eigenvalue weighted by Gasteiger charge is -2.20. The van der Waals surface area contributed by atoms with Gasteiger partial charge >= 0.3 is 0 Å². The molecule has 0 unspecified atom stereocenters. The summed E-state index contributed by atoms with van der Waals surface area (Å²) in [6, 6.07) is 21.5. The number of para-hydroxylation sites is 2. The molecular formula is C29H22ClN5O3. The number of pyridine rings is 1. The highest BCUT2D eigenvalue weighted by Crippen LogP contribution is 2.38. The summed E-state index contributed by atoms with van der Waals surface area (Å²) < 4.78 is 1.51. The highest BCUT2D eigenvalue weighted by atomic mass is 35.5. The van der Waals surface area contributed by atoms with Crippen LogP contribution in [-0.4, -0.2) is 37.1 Å². The molecule has 0 fully saturated rings. The first-order valence-corrected chi connectivity index (χ1v) is 12.5. The first-order valence-electron chi connectivity index (χ1n) is 12.1. The van der Waals surface area contributed by atoms with Gasteiger partial charge in [-0.25, -0.2) is 9.99 Å². The number of H-pyrrole nitrogens is 1. The number of halogens is 1. The van der Waals surface area contributed by atoms with Gasteiger partial charge in [-0.3, -0.25) is 19.0 Å². The fraction of sp³-hybridized carbons (Fsp3) is 0.138. The van der Waals surface area contributed by atoms with E-state index in [-0.39, 0.29) is 23.8 Å². The van der Waals surface area contributed by atoms with Gasteiger partial charge < -0.3 is 4.98 Å². The number of carbonyl (C=O) groups is 2. The van der Waals surface area contributed by atoms with Crippen LogP contribution in [0.15, 0.2) is 82.7 Å². The van der Waals surface area contributed by atoms with Gasteiger partial charge in [0, 0.05) is 41.8 Å². The third-order valence-electron chi connectivity index (χ3n) is 6.76. The van der Waals surface area contributed by atoms with Crippen molar-refractivity contribution in [2.45, 2.75) is 26.3 Å². The monoisotopic (exact) mass is 523 g/mol. The summed E-state index contributed by atoms with van der Waals surface area (Å²) in [5, 5.41) is 7.24. The van der Waals surface area contributed by atoms with Crippen LogP contribution in [0.3, 0.4) is 0 Å². The van der Waals surface area contributed by atoms with Gasteiger partial charge in [0.25, 0.3) is 5.56 Å². The Morgan fingerprint density at radius 2 is 1.68 bits per heavy atom. The van der Waals surface area contributed by atoms with Gasteiger partial charge in [-0.05, 0) is 35.9 Å². The minimum absolute atomic E-state index is 0.200. The van der Waals surface area contributed by atoms with Crippen LogP contribution in [0.2, 0.25) is 5.02 Å². The number of aromatic nitrogens is 3. The zero-order valence-corrected chi connectivity index (χ0v) is 21.4. The molecule has 5 aromatic rings. The summed E-state index contributed by atoms with van der Waals surface area (Å²) in [7, 11) is 0. The van der Waals surface area contributed by atoms with E-state index in [2.05, 4.69) is 10.1 Å². The molecule has 1 amide bonds. The normalized spacial score (nSPS) is 15.3. The number of amides is 1. The maximum absolute atomic E-state index is 13.6. The van der Waals surface area contributed by atoms with E-state index >= 15 is 0 Å². The fourth-order valence-electron chi connectivity index (χ4n) is 5.20. The molecule has 0 spiro atoms. The molecule has 3 aromatic carbocycles. The smallest absolute Gasteiger partial charge is 0.258 e. The van der Waals surface area contributed by atoms with Gasteiger partial charge in [0.1, 0.15) is 11.9 Å². The Morgan fingerprint density at radius 1 is 0.947 bits per heavy atom. The number of carbonyl (C=O) groups excluding carboxylic acids is 2. The quantitative estimate of drug-likeness (QED) is 0.335. The van der Waals surface area contributed by atoms with Crippen molar-refractivity contribution in [1.82, 2.24) is 19.5 Å². The van der Waals surface area contributed by atoms with Crippen LogP contribution in [0.5, 0.6) is 0 Å². The van der Waals surface area contributed by atoms with Crippen LogP contribution < -0.4 is 5.56 Å². The summed E-state index contributed by atoms with van der Waals surface area (Å²) in [6.07, 6.45) is 0.200. The number of imidazole rings is 1. The average Bonchev–Trinajstić information content (AvgIpc) is 3.51. The summed E-state index contributed by atoms with van der Waals surface area (Å²) >= 11 is 6.37. The number of nitrogens with zero attached hydrogens (tertiary/aromatic N) is 4. The lowest BCUT2D eigenvalue weighted by molar-refractivity contribution is -0.130. The second kappa shape index (κ2) is 9.08. The average molecular weight is 524 g/mol. The van der Waals surface area contributed by atoms with Crippen molar-refractivity contribution < 1.29 is 9.59 Å². The van der Waals surface area contributed by atoms with E-state index in [1.54, 1.807) is 12.1 Å². The summed E-state index contributed by atoms with van der Waals surface area (Å²) in [4.78, 5) is 46.8. The molecule has 0 saturated heterocycles. The highest BCUT2D eigenvalue weighted by Gasteiger charge is 2.37. The van der Waals surface area contributed by atoms with Crippen molar-refractivity contribution in [3.05, 3.63) is 99.6 Å². The number of hydrogen-bond donors (Lipinski definition) is 1. The molecule has 9 heteroatoms. The van der Waals surface area contributed by atoms with Crippen molar-refractivity contribution in [2.24, 2.45) is 5.10 Å². The van der Waals surface area contributed by atoms with Crippen LogP contribution in [0.4, 0.5) is 0 Å². The lowest BCUT2D eigenvalue weighted by Crippen LogP contribution is -2.28. The Labute approximate surface area is 222 Å². The Bertz CT molecular complexity index is 1860. The fourth-order valence-corrected chi connectivity index (χ4v) is 5.37. The van der Waals surface area contributed by atoms with Gasteiger partial charge in [-0.2, -0.15) is 5.10 Å². The van der Waals surface area contributed by atoms with Gasteiger partial charge in [0.05, 0.1) is 22.3 Å². The van der Waals surface area contributed by atoms with Crippen LogP contribution in [0.25, 0.3) is 33.1 Å². The molecule has 0 radical (unpaired) electrons. The molecule has 0 saturated carbocycles. The second-order valence-electron chi connectivity index (χ2n) is 9.20. The molecule has 0 aliphatic carbocycles. The van der Waals surface area contributed by atoms with E-state index < -0.39 is 6.04 Å². The van der Waals surface area contributed by atoms with E-state index in [1.165, 1.54) is 23.4 Å². The number of fused-ring (bicyclic) bond motifs is 2. The number of nitrogens with one attached hydrogen (secondary N) is 1. The Balaban J connectivity index is 1.58. The first-order chi connectivity index (χ1) is 18.3.